The second-order valence-corrected chi connectivity index (χ2v) is 6.17. The maximum absolute atomic E-state index is 3.54. The molecule has 1 N–H and O–H groups in total. The number of nitrogens with zero attached hydrogens (tertiary/aromatic N) is 1. The molecule has 0 bridgehead atoms. The molecule has 1 aromatic carbocycles. The first-order valence-corrected chi connectivity index (χ1v) is 7.85. The van der Waals surface area contributed by atoms with Crippen molar-refractivity contribution in [1.82, 2.24) is 10.2 Å². The molecule has 3 rings (SSSR count). The average molecular weight is 258 g/mol. The second-order valence-electron chi connectivity index (χ2n) is 6.17. The Morgan fingerprint density at radius 1 is 1.11 bits per heavy atom. The highest BCUT2D eigenvalue weighted by atomic mass is 15.2. The molecule has 19 heavy (non-hydrogen) atoms. The number of piperidine rings is 2. The number of likely N-dealkylation sites (tertiary alicyclic amines) is 1. The highest BCUT2D eigenvalue weighted by molar-refractivity contribution is 5.29. The van der Waals surface area contributed by atoms with Crippen molar-refractivity contribution in [3.63, 3.8) is 0 Å². The Morgan fingerprint density at radius 3 is 2.58 bits per heavy atom. The molecule has 1 aromatic rings. The van der Waals surface area contributed by atoms with E-state index in [4.69, 9.17) is 0 Å². The Labute approximate surface area is 117 Å². The molecular formula is C17H26N2. The fourth-order valence-corrected chi connectivity index (χ4v) is 3.77. The molecule has 1 unspecified atom stereocenters. The van der Waals surface area contributed by atoms with Gasteiger partial charge in [0, 0.05) is 12.6 Å². The molecule has 0 radical (unpaired) electrons. The predicted octanol–water partition coefficient (Wildman–Crippen LogP) is 2.93. The second kappa shape index (κ2) is 6.06. The number of rotatable bonds is 2. The first-order chi connectivity index (χ1) is 9.34. The van der Waals surface area contributed by atoms with Crippen molar-refractivity contribution in [2.75, 3.05) is 26.2 Å². The first kappa shape index (κ1) is 13.1. The molecule has 2 nitrogen and oxygen atoms in total. The summed E-state index contributed by atoms with van der Waals surface area (Å²) in [5.41, 5.74) is 3.06. The Balaban J connectivity index is 1.58. The van der Waals surface area contributed by atoms with Crippen LogP contribution in [0.15, 0.2) is 24.3 Å². The van der Waals surface area contributed by atoms with Gasteiger partial charge in [0.1, 0.15) is 0 Å². The SMILES string of the molecule is Cc1ccccc1C1CCN(C2CCCNC2)CC1. The molecule has 1 atom stereocenters. The maximum atomic E-state index is 3.54. The molecule has 2 saturated heterocycles. The van der Waals surface area contributed by atoms with Crippen molar-refractivity contribution in [1.29, 1.82) is 0 Å². The average Bonchev–Trinajstić information content (AvgIpc) is 2.49. The van der Waals surface area contributed by atoms with Crippen molar-refractivity contribution < 1.29 is 0 Å². The third-order valence-corrected chi connectivity index (χ3v) is 4.95. The van der Waals surface area contributed by atoms with E-state index in [1.807, 2.05) is 0 Å². The Kier molecular flexibility index (Phi) is 4.19. The largest absolute Gasteiger partial charge is 0.315 e. The third-order valence-electron chi connectivity index (χ3n) is 4.95. The van der Waals surface area contributed by atoms with Gasteiger partial charge < -0.3 is 5.32 Å². The smallest absolute Gasteiger partial charge is 0.0221 e. The van der Waals surface area contributed by atoms with Gasteiger partial charge >= 0.3 is 0 Å². The zero-order chi connectivity index (χ0) is 13.1. The molecular weight excluding hydrogens is 232 g/mol. The molecule has 0 aliphatic carbocycles. The van der Waals surface area contributed by atoms with Gasteiger partial charge in [-0.25, -0.2) is 0 Å². The summed E-state index contributed by atoms with van der Waals surface area (Å²) in [5, 5.41) is 3.54. The normalized spacial score (nSPS) is 26.5. The molecule has 2 heterocycles. The fraction of sp³-hybridized carbons (Fsp3) is 0.647. The minimum Gasteiger partial charge on any atom is -0.315 e. The van der Waals surface area contributed by atoms with Gasteiger partial charge in [-0.15, -0.1) is 0 Å². The molecule has 2 heteroatoms. The van der Waals surface area contributed by atoms with E-state index in [-0.39, 0.29) is 0 Å². The van der Waals surface area contributed by atoms with E-state index in [0.717, 1.165) is 12.0 Å². The van der Waals surface area contributed by atoms with Gasteiger partial charge in [-0.3, -0.25) is 4.90 Å². The summed E-state index contributed by atoms with van der Waals surface area (Å²) < 4.78 is 0. The summed E-state index contributed by atoms with van der Waals surface area (Å²) >= 11 is 0. The zero-order valence-electron chi connectivity index (χ0n) is 12.1. The van der Waals surface area contributed by atoms with Crippen molar-refractivity contribution in [2.24, 2.45) is 0 Å². The number of hydrogen-bond donors (Lipinski definition) is 1. The third kappa shape index (κ3) is 3.01. The van der Waals surface area contributed by atoms with Gasteiger partial charge in [-0.05, 0) is 69.3 Å². The van der Waals surface area contributed by atoms with Crippen LogP contribution in [-0.2, 0) is 0 Å². The van der Waals surface area contributed by atoms with Crippen LogP contribution in [0.4, 0.5) is 0 Å². The maximum Gasteiger partial charge on any atom is 0.0221 e. The minimum atomic E-state index is 0.786. The van der Waals surface area contributed by atoms with Gasteiger partial charge in [0.2, 0.25) is 0 Å². The van der Waals surface area contributed by atoms with E-state index in [0.29, 0.717) is 0 Å². The molecule has 2 aliphatic rings. The van der Waals surface area contributed by atoms with Gasteiger partial charge in [0.25, 0.3) is 0 Å². The fourth-order valence-electron chi connectivity index (χ4n) is 3.77. The number of hydrogen-bond acceptors (Lipinski definition) is 2. The monoisotopic (exact) mass is 258 g/mol. The summed E-state index contributed by atoms with van der Waals surface area (Å²) in [6.45, 7) is 7.24. The quantitative estimate of drug-likeness (QED) is 0.877. The van der Waals surface area contributed by atoms with Gasteiger partial charge in [-0.2, -0.15) is 0 Å². The summed E-state index contributed by atoms with van der Waals surface area (Å²) in [5.74, 6) is 0.786. The molecule has 0 aromatic heterocycles. The van der Waals surface area contributed by atoms with Crippen molar-refractivity contribution >= 4 is 0 Å². The van der Waals surface area contributed by atoms with E-state index in [1.165, 1.54) is 57.4 Å². The van der Waals surface area contributed by atoms with E-state index < -0.39 is 0 Å². The Morgan fingerprint density at radius 2 is 1.89 bits per heavy atom. The van der Waals surface area contributed by atoms with Crippen LogP contribution in [-0.4, -0.2) is 37.1 Å². The van der Waals surface area contributed by atoms with Crippen LogP contribution in [0, 0.1) is 6.92 Å². The van der Waals surface area contributed by atoms with Gasteiger partial charge in [0.15, 0.2) is 0 Å². The van der Waals surface area contributed by atoms with E-state index in [9.17, 15) is 0 Å². The van der Waals surface area contributed by atoms with E-state index >= 15 is 0 Å². The first-order valence-electron chi connectivity index (χ1n) is 7.85. The van der Waals surface area contributed by atoms with Crippen molar-refractivity contribution in [2.45, 2.75) is 44.6 Å². The molecule has 0 amide bonds. The lowest BCUT2D eigenvalue weighted by Gasteiger charge is -2.39. The summed E-state index contributed by atoms with van der Waals surface area (Å²) in [6.07, 6.45) is 5.41. The zero-order valence-corrected chi connectivity index (χ0v) is 12.1. The number of nitrogens with one attached hydrogen (secondary N) is 1. The van der Waals surface area contributed by atoms with Crippen LogP contribution in [0.2, 0.25) is 0 Å². The lowest BCUT2D eigenvalue weighted by Crippen LogP contribution is -2.48. The van der Waals surface area contributed by atoms with Gasteiger partial charge in [0.05, 0.1) is 0 Å². The highest BCUT2D eigenvalue weighted by Crippen LogP contribution is 2.31. The molecule has 0 saturated carbocycles. The lowest BCUT2D eigenvalue weighted by molar-refractivity contribution is 0.130. The van der Waals surface area contributed by atoms with Crippen LogP contribution in [0.1, 0.15) is 42.7 Å². The summed E-state index contributed by atoms with van der Waals surface area (Å²) in [7, 11) is 0. The standard InChI is InChI=1S/C17H26N2/c1-14-5-2-3-7-17(14)15-8-11-19(12-9-15)16-6-4-10-18-13-16/h2-3,5,7,15-16,18H,4,6,8-13H2,1H3. The van der Waals surface area contributed by atoms with E-state index in [1.54, 1.807) is 5.56 Å². The Bertz CT molecular complexity index is 401. The van der Waals surface area contributed by atoms with Crippen LogP contribution in [0.5, 0.6) is 0 Å². The molecule has 0 spiro atoms. The molecule has 2 fully saturated rings. The lowest BCUT2D eigenvalue weighted by atomic mass is 9.86. The number of aryl methyl sites for hydroxylation is 1. The van der Waals surface area contributed by atoms with Crippen LogP contribution in [0.3, 0.4) is 0 Å². The van der Waals surface area contributed by atoms with Gasteiger partial charge in [-0.1, -0.05) is 24.3 Å². The predicted molar refractivity (Wildman–Crippen MR) is 80.6 cm³/mol. The van der Waals surface area contributed by atoms with Crippen LogP contribution in [0.25, 0.3) is 0 Å². The summed E-state index contributed by atoms with van der Waals surface area (Å²) in [6, 6.07) is 9.73. The molecule has 2 aliphatic heterocycles. The van der Waals surface area contributed by atoms with Crippen molar-refractivity contribution in [3.8, 4) is 0 Å². The van der Waals surface area contributed by atoms with Crippen molar-refractivity contribution in [3.05, 3.63) is 35.4 Å². The topological polar surface area (TPSA) is 15.3 Å². The summed E-state index contributed by atoms with van der Waals surface area (Å²) in [4.78, 5) is 2.72. The van der Waals surface area contributed by atoms with Crippen LogP contribution < -0.4 is 5.32 Å². The van der Waals surface area contributed by atoms with E-state index in [2.05, 4.69) is 41.4 Å². The van der Waals surface area contributed by atoms with Crippen LogP contribution >= 0.6 is 0 Å². The highest BCUT2D eigenvalue weighted by Gasteiger charge is 2.27. The minimum absolute atomic E-state index is 0.786. The number of benzene rings is 1. The Hall–Kier alpha value is -0.860. The molecule has 104 valence electrons.